The zero-order valence-electron chi connectivity index (χ0n) is 19.1. The van der Waals surface area contributed by atoms with Crippen molar-refractivity contribution in [1.29, 1.82) is 0 Å². The number of nitrogens with zero attached hydrogens (tertiary/aromatic N) is 1. The SMILES string of the molecule is O=C1CCC(=O)N(c2ccc(C(=O)Nc3ccccc3C(=O)NCc3ccc4c(c3)OCO4)cc2)N1. The lowest BCUT2D eigenvalue weighted by Crippen LogP contribution is -2.50. The Labute approximate surface area is 206 Å². The summed E-state index contributed by atoms with van der Waals surface area (Å²) in [6, 6.07) is 18.4. The van der Waals surface area contributed by atoms with Crippen LogP contribution in [0, 0.1) is 0 Å². The molecule has 2 aliphatic heterocycles. The first-order valence-electron chi connectivity index (χ1n) is 11.3. The van der Waals surface area contributed by atoms with Crippen LogP contribution in [0.2, 0.25) is 0 Å². The Hall–Kier alpha value is -4.86. The minimum Gasteiger partial charge on any atom is -0.454 e. The van der Waals surface area contributed by atoms with E-state index in [-0.39, 0.29) is 43.9 Å². The minimum atomic E-state index is -0.424. The summed E-state index contributed by atoms with van der Waals surface area (Å²) in [4.78, 5) is 49.4. The second-order valence-electron chi connectivity index (χ2n) is 8.18. The predicted octanol–water partition coefficient (Wildman–Crippen LogP) is 2.76. The molecule has 0 unspecified atom stereocenters. The Balaban J connectivity index is 1.24. The van der Waals surface area contributed by atoms with E-state index in [1.54, 1.807) is 54.6 Å². The van der Waals surface area contributed by atoms with Crippen LogP contribution in [-0.2, 0) is 16.1 Å². The van der Waals surface area contributed by atoms with Gasteiger partial charge in [-0.25, -0.2) is 5.01 Å². The predicted molar refractivity (Wildman–Crippen MR) is 129 cm³/mol. The molecule has 10 nitrogen and oxygen atoms in total. The van der Waals surface area contributed by atoms with Crippen LogP contribution in [-0.4, -0.2) is 30.4 Å². The van der Waals surface area contributed by atoms with Crippen molar-refractivity contribution in [3.63, 3.8) is 0 Å². The van der Waals surface area contributed by atoms with E-state index in [0.717, 1.165) is 5.56 Å². The van der Waals surface area contributed by atoms with E-state index >= 15 is 0 Å². The molecule has 0 spiro atoms. The number of ether oxygens (including phenoxy) is 2. The molecule has 5 rings (SSSR count). The third-order valence-electron chi connectivity index (χ3n) is 5.75. The third kappa shape index (κ3) is 4.83. The van der Waals surface area contributed by atoms with Gasteiger partial charge in [-0.2, -0.15) is 0 Å². The molecule has 0 aromatic heterocycles. The maximum Gasteiger partial charge on any atom is 0.255 e. The van der Waals surface area contributed by atoms with Gasteiger partial charge >= 0.3 is 0 Å². The monoisotopic (exact) mass is 486 g/mol. The Morgan fingerprint density at radius 3 is 2.50 bits per heavy atom. The molecule has 3 N–H and O–H groups in total. The molecular formula is C26H22N4O6. The van der Waals surface area contributed by atoms with Crippen LogP contribution in [0.1, 0.15) is 39.1 Å². The molecule has 2 aliphatic rings. The second kappa shape index (κ2) is 9.79. The van der Waals surface area contributed by atoms with Gasteiger partial charge in [-0.1, -0.05) is 18.2 Å². The fraction of sp³-hybridized carbons (Fsp3) is 0.154. The Bertz CT molecular complexity index is 1350. The molecule has 1 fully saturated rings. The Kier molecular flexibility index (Phi) is 6.23. The summed E-state index contributed by atoms with van der Waals surface area (Å²) < 4.78 is 10.7. The molecule has 0 bridgehead atoms. The number of fused-ring (bicyclic) bond motifs is 1. The van der Waals surface area contributed by atoms with Crippen molar-refractivity contribution >= 4 is 35.0 Å². The first kappa shape index (κ1) is 22.9. The van der Waals surface area contributed by atoms with Crippen molar-refractivity contribution in [1.82, 2.24) is 10.7 Å². The van der Waals surface area contributed by atoms with Gasteiger partial charge in [0.2, 0.25) is 18.6 Å². The number of hydrogen-bond acceptors (Lipinski definition) is 6. The van der Waals surface area contributed by atoms with Crippen LogP contribution in [0.3, 0.4) is 0 Å². The summed E-state index contributed by atoms with van der Waals surface area (Å²) in [7, 11) is 0. The highest BCUT2D eigenvalue weighted by atomic mass is 16.7. The number of benzene rings is 3. The summed E-state index contributed by atoms with van der Waals surface area (Å²) in [5.41, 5.74) is 4.80. The maximum atomic E-state index is 12.9. The lowest BCUT2D eigenvalue weighted by atomic mass is 10.1. The quantitative estimate of drug-likeness (QED) is 0.492. The lowest BCUT2D eigenvalue weighted by Gasteiger charge is -2.27. The molecule has 2 heterocycles. The molecule has 182 valence electrons. The van der Waals surface area contributed by atoms with Crippen LogP contribution in [0.15, 0.2) is 66.7 Å². The van der Waals surface area contributed by atoms with Crippen molar-refractivity contribution in [2.75, 3.05) is 17.1 Å². The van der Waals surface area contributed by atoms with Gasteiger partial charge in [-0.15, -0.1) is 0 Å². The summed E-state index contributed by atoms with van der Waals surface area (Å²) in [6.07, 6.45) is 0.279. The van der Waals surface area contributed by atoms with Crippen LogP contribution >= 0.6 is 0 Å². The highest BCUT2D eigenvalue weighted by Crippen LogP contribution is 2.32. The molecule has 10 heteroatoms. The molecule has 3 aromatic carbocycles. The number of rotatable bonds is 6. The molecule has 0 atom stereocenters. The number of amides is 4. The molecular weight excluding hydrogens is 464 g/mol. The van der Waals surface area contributed by atoms with E-state index in [1.165, 1.54) is 5.01 Å². The van der Waals surface area contributed by atoms with Gasteiger partial charge in [0.15, 0.2) is 11.5 Å². The Morgan fingerprint density at radius 1 is 0.889 bits per heavy atom. The van der Waals surface area contributed by atoms with E-state index in [9.17, 15) is 19.2 Å². The average Bonchev–Trinajstić information content (AvgIpc) is 3.37. The van der Waals surface area contributed by atoms with E-state index in [2.05, 4.69) is 16.1 Å². The first-order chi connectivity index (χ1) is 17.5. The molecule has 0 radical (unpaired) electrons. The van der Waals surface area contributed by atoms with Crippen molar-refractivity contribution in [3.8, 4) is 11.5 Å². The summed E-state index contributed by atoms with van der Waals surface area (Å²) in [5, 5.41) is 6.79. The zero-order valence-corrected chi connectivity index (χ0v) is 19.1. The number of hydrazine groups is 1. The fourth-order valence-corrected chi connectivity index (χ4v) is 3.86. The topological polar surface area (TPSA) is 126 Å². The van der Waals surface area contributed by atoms with Crippen molar-refractivity contribution in [3.05, 3.63) is 83.4 Å². The summed E-state index contributed by atoms with van der Waals surface area (Å²) in [5.74, 6) is 0.0491. The second-order valence-corrected chi connectivity index (χ2v) is 8.18. The van der Waals surface area contributed by atoms with Crippen molar-refractivity contribution < 1.29 is 28.7 Å². The number of para-hydroxylation sites is 1. The smallest absolute Gasteiger partial charge is 0.255 e. The van der Waals surface area contributed by atoms with Crippen LogP contribution in [0.25, 0.3) is 0 Å². The average molecular weight is 486 g/mol. The maximum absolute atomic E-state index is 12.9. The normalized spacial score (nSPS) is 14.3. The van der Waals surface area contributed by atoms with Crippen LogP contribution in [0.4, 0.5) is 11.4 Å². The molecule has 3 aromatic rings. The van der Waals surface area contributed by atoms with Gasteiger partial charge in [-0.3, -0.25) is 24.6 Å². The number of carbonyl (C=O) groups excluding carboxylic acids is 4. The van der Waals surface area contributed by atoms with Gasteiger partial charge in [0.1, 0.15) is 0 Å². The van der Waals surface area contributed by atoms with Crippen molar-refractivity contribution in [2.24, 2.45) is 0 Å². The summed E-state index contributed by atoms with van der Waals surface area (Å²) >= 11 is 0. The van der Waals surface area contributed by atoms with E-state index < -0.39 is 5.91 Å². The molecule has 0 saturated carbocycles. The largest absolute Gasteiger partial charge is 0.454 e. The van der Waals surface area contributed by atoms with Gasteiger partial charge in [0.25, 0.3) is 11.8 Å². The van der Waals surface area contributed by atoms with Gasteiger partial charge < -0.3 is 20.1 Å². The molecule has 36 heavy (non-hydrogen) atoms. The minimum absolute atomic E-state index is 0.127. The molecule has 1 saturated heterocycles. The molecule has 4 amide bonds. The standard InChI is InChI=1S/C26H22N4O6/c31-23-11-12-24(32)30(29-23)18-8-6-17(7-9-18)25(33)28-20-4-2-1-3-19(20)26(34)27-14-16-5-10-21-22(13-16)36-15-35-21/h1-10,13H,11-12,14-15H2,(H,27,34)(H,28,33)(H,29,31). The van der Waals surface area contributed by atoms with Crippen LogP contribution < -0.4 is 30.5 Å². The summed E-state index contributed by atoms with van der Waals surface area (Å²) in [6.45, 7) is 0.443. The first-order valence-corrected chi connectivity index (χ1v) is 11.3. The fourth-order valence-electron chi connectivity index (χ4n) is 3.86. The van der Waals surface area contributed by atoms with Gasteiger partial charge in [0.05, 0.1) is 16.9 Å². The van der Waals surface area contributed by atoms with E-state index in [1.807, 2.05) is 12.1 Å². The highest BCUT2D eigenvalue weighted by Gasteiger charge is 2.24. The number of carbonyl (C=O) groups is 4. The van der Waals surface area contributed by atoms with Gasteiger partial charge in [0, 0.05) is 24.9 Å². The van der Waals surface area contributed by atoms with Crippen molar-refractivity contribution in [2.45, 2.75) is 19.4 Å². The van der Waals surface area contributed by atoms with Crippen LogP contribution in [0.5, 0.6) is 11.5 Å². The lowest BCUT2D eigenvalue weighted by molar-refractivity contribution is -0.130. The molecule has 0 aliphatic carbocycles. The van der Waals surface area contributed by atoms with Gasteiger partial charge in [-0.05, 0) is 54.1 Å². The highest BCUT2D eigenvalue weighted by molar-refractivity contribution is 6.09. The van der Waals surface area contributed by atoms with E-state index in [0.29, 0.717) is 34.0 Å². The third-order valence-corrected chi connectivity index (χ3v) is 5.75. The van der Waals surface area contributed by atoms with E-state index in [4.69, 9.17) is 9.47 Å². The zero-order chi connectivity index (χ0) is 25.1. The Morgan fingerprint density at radius 2 is 1.67 bits per heavy atom. The number of anilines is 2. The number of hydrogen-bond donors (Lipinski definition) is 3. The number of nitrogens with one attached hydrogen (secondary N) is 3.